The molecule has 28 heavy (non-hydrogen) atoms. The number of carbonyl (C=O) groups excluding carboxylic acids is 2. The smallest absolute Gasteiger partial charge is 0.258 e. The van der Waals surface area contributed by atoms with Gasteiger partial charge >= 0.3 is 0 Å². The van der Waals surface area contributed by atoms with Gasteiger partial charge in [-0.2, -0.15) is 0 Å². The lowest BCUT2D eigenvalue weighted by molar-refractivity contribution is -0.149. The maximum absolute atomic E-state index is 13.4. The Kier molecular flexibility index (Phi) is 4.79. The monoisotopic (exact) mass is 411 g/mol. The largest absolute Gasteiger partial charge is 0.484 e. The summed E-state index contributed by atoms with van der Waals surface area (Å²) in [7, 11) is 0. The summed E-state index contributed by atoms with van der Waals surface area (Å²) in [5.74, 6) is -0.963. The van der Waals surface area contributed by atoms with E-state index in [2.05, 4.69) is 16.0 Å². The van der Waals surface area contributed by atoms with Gasteiger partial charge in [-0.3, -0.25) is 9.59 Å². The number of ether oxygens (including phenoxy) is 1. The van der Waals surface area contributed by atoms with Crippen LogP contribution in [0.4, 0.5) is 8.78 Å². The lowest BCUT2D eigenvalue weighted by Crippen LogP contribution is -2.84. The maximum Gasteiger partial charge on any atom is 0.258 e. The van der Waals surface area contributed by atoms with Crippen molar-refractivity contribution in [3.8, 4) is 5.75 Å². The quantitative estimate of drug-likeness (QED) is 0.665. The van der Waals surface area contributed by atoms with E-state index in [4.69, 9.17) is 16.3 Å². The Morgan fingerprint density at radius 3 is 2.64 bits per heavy atom. The van der Waals surface area contributed by atoms with Crippen molar-refractivity contribution >= 4 is 23.4 Å². The van der Waals surface area contributed by atoms with Crippen LogP contribution in [0.5, 0.6) is 5.75 Å². The molecular weight excluding hydrogens is 392 g/mol. The summed E-state index contributed by atoms with van der Waals surface area (Å²) in [5, 5.41) is 8.73. The zero-order chi connectivity index (χ0) is 19.9. The number of nitrogens with one attached hydrogen (secondary N) is 3. The molecule has 0 saturated heterocycles. The molecule has 0 aromatic heterocycles. The molecule has 1 aromatic carbocycles. The van der Waals surface area contributed by atoms with Gasteiger partial charge < -0.3 is 20.7 Å². The molecule has 3 fully saturated rings. The number of rotatable bonds is 6. The fourth-order valence-corrected chi connectivity index (χ4v) is 4.38. The minimum Gasteiger partial charge on any atom is -0.484 e. The van der Waals surface area contributed by atoms with Crippen molar-refractivity contribution < 1.29 is 23.1 Å². The van der Waals surface area contributed by atoms with Crippen LogP contribution in [0.15, 0.2) is 29.8 Å². The lowest BCUT2D eigenvalue weighted by atomic mass is 9.44. The molecule has 1 heterocycles. The van der Waals surface area contributed by atoms with Gasteiger partial charge in [0.05, 0.1) is 5.02 Å². The third kappa shape index (κ3) is 3.71. The molecule has 0 radical (unpaired) electrons. The highest BCUT2D eigenvalue weighted by Gasteiger charge is 2.69. The molecule has 1 aromatic rings. The molecule has 0 spiro atoms. The second-order valence-corrected chi connectivity index (χ2v) is 8.20. The Bertz CT molecular complexity index is 841. The van der Waals surface area contributed by atoms with E-state index in [-0.39, 0.29) is 46.8 Å². The fourth-order valence-electron chi connectivity index (χ4n) is 4.26. The predicted molar refractivity (Wildman–Crippen MR) is 98.4 cm³/mol. The fraction of sp³-hybridized carbons (Fsp3) is 0.474. The van der Waals surface area contributed by atoms with Crippen LogP contribution >= 0.6 is 11.6 Å². The van der Waals surface area contributed by atoms with E-state index < -0.39 is 12.0 Å². The van der Waals surface area contributed by atoms with E-state index in [0.717, 1.165) is 6.07 Å². The standard InChI is InChI=1S/C19H20ClF2N3O3/c20-14-2-1-13(4-15(14)22)28-7-16(26)24-18-8-19(9-18,10-18)25-17(27)11-3-12(21)6-23-5-11/h1-4,12,23H,5-10H2,(H,24,26)(H,25,27). The summed E-state index contributed by atoms with van der Waals surface area (Å²) in [5.41, 5.74) is -0.250. The molecule has 2 amide bonds. The summed E-state index contributed by atoms with van der Waals surface area (Å²) in [6.07, 6.45) is 2.10. The molecule has 6 nitrogen and oxygen atoms in total. The summed E-state index contributed by atoms with van der Waals surface area (Å²) >= 11 is 5.60. The lowest BCUT2D eigenvalue weighted by Gasteiger charge is -2.70. The number of hydrogen-bond acceptors (Lipinski definition) is 4. The Morgan fingerprint density at radius 2 is 1.96 bits per heavy atom. The highest BCUT2D eigenvalue weighted by Crippen LogP contribution is 2.60. The first-order valence-corrected chi connectivity index (χ1v) is 9.43. The van der Waals surface area contributed by atoms with Crippen molar-refractivity contribution in [3.63, 3.8) is 0 Å². The molecule has 150 valence electrons. The van der Waals surface area contributed by atoms with Gasteiger partial charge in [0.1, 0.15) is 17.7 Å². The van der Waals surface area contributed by atoms with Crippen molar-refractivity contribution in [1.82, 2.24) is 16.0 Å². The van der Waals surface area contributed by atoms with Gasteiger partial charge in [0.15, 0.2) is 6.61 Å². The zero-order valence-electron chi connectivity index (χ0n) is 15.0. The van der Waals surface area contributed by atoms with E-state index >= 15 is 0 Å². The van der Waals surface area contributed by atoms with Crippen molar-refractivity contribution in [2.24, 2.45) is 0 Å². The molecule has 1 unspecified atom stereocenters. The van der Waals surface area contributed by atoms with Gasteiger partial charge in [-0.05, 0) is 37.5 Å². The Morgan fingerprint density at radius 1 is 1.25 bits per heavy atom. The highest BCUT2D eigenvalue weighted by molar-refractivity contribution is 6.30. The summed E-state index contributed by atoms with van der Waals surface area (Å²) < 4.78 is 32.0. The average molecular weight is 412 g/mol. The van der Waals surface area contributed by atoms with Crippen molar-refractivity contribution in [2.45, 2.75) is 36.5 Å². The first-order valence-electron chi connectivity index (χ1n) is 9.05. The topological polar surface area (TPSA) is 79.5 Å². The van der Waals surface area contributed by atoms with E-state index in [0.29, 0.717) is 31.4 Å². The third-order valence-corrected chi connectivity index (χ3v) is 5.71. The number of carbonyl (C=O) groups is 2. The minimum absolute atomic E-state index is 0.0141. The summed E-state index contributed by atoms with van der Waals surface area (Å²) in [6.45, 7) is 0.341. The van der Waals surface area contributed by atoms with Gasteiger partial charge in [0.2, 0.25) is 5.91 Å². The number of hydrogen-bond donors (Lipinski definition) is 3. The molecule has 4 aliphatic rings. The molecule has 2 bridgehead atoms. The predicted octanol–water partition coefficient (Wildman–Crippen LogP) is 1.63. The van der Waals surface area contributed by atoms with Crippen molar-refractivity contribution in [1.29, 1.82) is 0 Å². The molecule has 3 aliphatic carbocycles. The SMILES string of the molecule is O=C(COc1ccc(Cl)c(F)c1)NC12CC(NC(=O)C3=CC(F)CNC3)(C1)C2. The number of alkyl halides is 1. The van der Waals surface area contributed by atoms with Crippen molar-refractivity contribution in [3.05, 3.63) is 40.7 Å². The number of halogens is 3. The Balaban J connectivity index is 1.22. The van der Waals surface area contributed by atoms with E-state index in [1.54, 1.807) is 0 Å². The van der Waals surface area contributed by atoms with Crippen molar-refractivity contribution in [2.75, 3.05) is 19.7 Å². The first-order chi connectivity index (χ1) is 13.3. The van der Waals surface area contributed by atoms with Crippen LogP contribution in [0, 0.1) is 5.82 Å². The van der Waals surface area contributed by atoms with E-state index in [9.17, 15) is 18.4 Å². The maximum atomic E-state index is 13.4. The summed E-state index contributed by atoms with van der Waals surface area (Å²) in [4.78, 5) is 24.4. The summed E-state index contributed by atoms with van der Waals surface area (Å²) in [6, 6.07) is 3.97. The highest BCUT2D eigenvalue weighted by atomic mass is 35.5. The Hall–Kier alpha value is -2.19. The molecular formula is C19H20ClF2N3O3. The van der Waals surface area contributed by atoms with E-state index in [1.165, 1.54) is 18.2 Å². The molecule has 1 atom stereocenters. The van der Waals surface area contributed by atoms with Gasteiger partial charge in [-0.15, -0.1) is 0 Å². The van der Waals surface area contributed by atoms with Gasteiger partial charge in [0, 0.05) is 35.8 Å². The van der Waals surface area contributed by atoms with Crippen LogP contribution < -0.4 is 20.7 Å². The zero-order valence-corrected chi connectivity index (χ0v) is 15.7. The Labute approximate surface area is 165 Å². The van der Waals surface area contributed by atoms with Crippen LogP contribution in [0.1, 0.15) is 19.3 Å². The second-order valence-electron chi connectivity index (χ2n) is 7.80. The molecule has 5 rings (SSSR count). The van der Waals surface area contributed by atoms with E-state index in [1.807, 2.05) is 0 Å². The number of benzene rings is 1. The van der Waals surface area contributed by atoms with Crippen LogP contribution in [0.2, 0.25) is 5.02 Å². The van der Waals surface area contributed by atoms with Gasteiger partial charge in [-0.25, -0.2) is 8.78 Å². The van der Waals surface area contributed by atoms with Gasteiger partial charge in [0.25, 0.3) is 5.91 Å². The van der Waals surface area contributed by atoms with Crippen LogP contribution in [0.25, 0.3) is 0 Å². The minimum atomic E-state index is -1.15. The molecule has 3 N–H and O–H groups in total. The first kappa shape index (κ1) is 19.1. The van der Waals surface area contributed by atoms with Crippen LogP contribution in [-0.4, -0.2) is 48.8 Å². The average Bonchev–Trinajstić information content (AvgIpc) is 2.59. The number of amides is 2. The third-order valence-electron chi connectivity index (χ3n) is 5.40. The molecule has 9 heteroatoms. The normalized spacial score (nSPS) is 30.4. The van der Waals surface area contributed by atoms with Gasteiger partial charge in [-0.1, -0.05) is 11.6 Å². The van der Waals surface area contributed by atoms with Crippen LogP contribution in [0.3, 0.4) is 0 Å². The molecule has 1 aliphatic heterocycles. The van der Waals surface area contributed by atoms with Crippen LogP contribution in [-0.2, 0) is 9.59 Å². The second kappa shape index (κ2) is 7.00. The molecule has 3 saturated carbocycles.